The average molecular weight is 499 g/mol. The summed E-state index contributed by atoms with van der Waals surface area (Å²) in [6.07, 6.45) is 20.6. The van der Waals surface area contributed by atoms with Crippen LogP contribution in [0.1, 0.15) is 121 Å². The molecule has 6 heteroatoms. The van der Waals surface area contributed by atoms with Gasteiger partial charge in [0.05, 0.1) is 17.6 Å². The summed E-state index contributed by atoms with van der Waals surface area (Å²) in [6, 6.07) is 4.69. The molecule has 0 aromatic heterocycles. The highest BCUT2D eigenvalue weighted by Crippen LogP contribution is 2.19. The molecule has 0 spiro atoms. The maximum absolute atomic E-state index is 11.5. The first-order valence-corrected chi connectivity index (χ1v) is 15.1. The number of hydrogen-bond acceptors (Lipinski definition) is 4. The molecule has 0 radical (unpaired) electrons. The van der Waals surface area contributed by atoms with Gasteiger partial charge in [-0.15, -0.1) is 0 Å². The van der Waals surface area contributed by atoms with Crippen LogP contribution in [0, 0.1) is 6.92 Å². The molecule has 2 N–H and O–H groups in total. The number of unbranched alkanes of at least 4 members (excludes halogenated alkanes) is 15. The second kappa shape index (κ2) is 19.3. The van der Waals surface area contributed by atoms with Gasteiger partial charge in [-0.3, -0.25) is 4.55 Å². The Bertz CT molecular complexity index is 732. The molecule has 1 aromatic rings. The van der Waals surface area contributed by atoms with Crippen LogP contribution >= 0.6 is 0 Å². The third-order valence-electron chi connectivity index (χ3n) is 6.40. The van der Waals surface area contributed by atoms with Crippen LogP contribution in [0.2, 0.25) is 0 Å². The third-order valence-corrected chi connectivity index (χ3v) is 7.36. The summed E-state index contributed by atoms with van der Waals surface area (Å²) in [4.78, 5) is -0.144. The lowest BCUT2D eigenvalue weighted by molar-refractivity contribution is 0.0352. The highest BCUT2D eigenvalue weighted by Gasteiger charge is 2.18. The van der Waals surface area contributed by atoms with Crippen LogP contribution in [0.15, 0.2) is 23.1 Å². The van der Waals surface area contributed by atoms with Crippen molar-refractivity contribution in [2.24, 2.45) is 0 Å². The Morgan fingerprint density at radius 1 is 0.794 bits per heavy atom. The van der Waals surface area contributed by atoms with E-state index in [0.29, 0.717) is 12.2 Å². The van der Waals surface area contributed by atoms with Crippen LogP contribution in [-0.4, -0.2) is 37.4 Å². The molecular weight excluding hydrogens is 448 g/mol. The van der Waals surface area contributed by atoms with Gasteiger partial charge >= 0.3 is 0 Å². The lowest BCUT2D eigenvalue weighted by atomic mass is 10.0. The van der Waals surface area contributed by atoms with E-state index in [0.717, 1.165) is 18.4 Å². The fraction of sp³-hybridized carbons (Fsp3) is 0.786. The van der Waals surface area contributed by atoms with Crippen molar-refractivity contribution in [2.75, 3.05) is 13.2 Å². The zero-order valence-corrected chi connectivity index (χ0v) is 22.6. The van der Waals surface area contributed by atoms with Crippen LogP contribution < -0.4 is 0 Å². The van der Waals surface area contributed by atoms with Gasteiger partial charge < -0.3 is 9.84 Å². The minimum Gasteiger partial charge on any atom is -0.390 e. The van der Waals surface area contributed by atoms with E-state index in [2.05, 4.69) is 6.92 Å². The number of hydrogen-bond donors (Lipinski definition) is 2. The zero-order valence-electron chi connectivity index (χ0n) is 21.8. The molecule has 0 saturated carbocycles. The fourth-order valence-electron chi connectivity index (χ4n) is 4.40. The van der Waals surface area contributed by atoms with E-state index < -0.39 is 16.2 Å². The van der Waals surface area contributed by atoms with Crippen LogP contribution in [0.5, 0.6) is 0 Å². The molecule has 5 nitrogen and oxygen atoms in total. The van der Waals surface area contributed by atoms with Crippen LogP contribution in [0.3, 0.4) is 0 Å². The Labute approximate surface area is 209 Å². The summed E-state index contributed by atoms with van der Waals surface area (Å²) >= 11 is 0. The molecule has 1 atom stereocenters. The van der Waals surface area contributed by atoms with Crippen molar-refractivity contribution in [2.45, 2.75) is 134 Å². The summed E-state index contributed by atoms with van der Waals surface area (Å²) in [5, 5.41) is 10.2. The summed E-state index contributed by atoms with van der Waals surface area (Å²) in [5.41, 5.74) is 1.30. The second-order valence-electron chi connectivity index (χ2n) is 9.82. The van der Waals surface area contributed by atoms with Gasteiger partial charge in [0.25, 0.3) is 10.1 Å². The second-order valence-corrected chi connectivity index (χ2v) is 11.2. The smallest absolute Gasteiger partial charge is 0.294 e. The van der Waals surface area contributed by atoms with E-state index in [9.17, 15) is 18.1 Å². The third kappa shape index (κ3) is 15.9. The number of ether oxygens (including phenoxy) is 1. The van der Waals surface area contributed by atoms with Crippen molar-refractivity contribution in [3.8, 4) is 0 Å². The van der Waals surface area contributed by atoms with Crippen molar-refractivity contribution in [1.82, 2.24) is 0 Å². The van der Waals surface area contributed by atoms with Crippen LogP contribution in [0.4, 0.5) is 0 Å². The molecule has 0 aliphatic rings. The van der Waals surface area contributed by atoms with Crippen molar-refractivity contribution in [3.05, 3.63) is 29.3 Å². The van der Waals surface area contributed by atoms with Crippen molar-refractivity contribution >= 4 is 10.1 Å². The number of aryl methyl sites for hydroxylation is 1. The van der Waals surface area contributed by atoms with Crippen molar-refractivity contribution < 1.29 is 22.8 Å². The van der Waals surface area contributed by atoms with Crippen molar-refractivity contribution in [3.63, 3.8) is 0 Å². The minimum absolute atomic E-state index is 0.135. The summed E-state index contributed by atoms with van der Waals surface area (Å²) in [5.74, 6) is 0. The zero-order chi connectivity index (χ0) is 25.1. The molecule has 1 aromatic carbocycles. The van der Waals surface area contributed by atoms with E-state index in [-0.39, 0.29) is 17.9 Å². The number of benzene rings is 1. The Morgan fingerprint density at radius 3 is 1.74 bits per heavy atom. The van der Waals surface area contributed by atoms with Gasteiger partial charge in [0.1, 0.15) is 0 Å². The largest absolute Gasteiger partial charge is 0.390 e. The predicted molar refractivity (Wildman–Crippen MR) is 141 cm³/mol. The van der Waals surface area contributed by atoms with Gasteiger partial charge in [0, 0.05) is 13.0 Å². The van der Waals surface area contributed by atoms with Crippen LogP contribution in [0.25, 0.3) is 0 Å². The summed E-state index contributed by atoms with van der Waals surface area (Å²) in [7, 11) is -4.30. The molecule has 0 amide bonds. The number of rotatable bonds is 22. The van der Waals surface area contributed by atoms with Gasteiger partial charge in [-0.1, -0.05) is 121 Å². The average Bonchev–Trinajstić information content (AvgIpc) is 2.77. The lowest BCUT2D eigenvalue weighted by Gasteiger charge is -2.14. The van der Waals surface area contributed by atoms with Gasteiger partial charge in [-0.05, 0) is 25.0 Å². The molecule has 0 aliphatic heterocycles. The van der Waals surface area contributed by atoms with Crippen LogP contribution in [-0.2, 0) is 21.3 Å². The molecule has 0 saturated heterocycles. The van der Waals surface area contributed by atoms with E-state index in [1.165, 1.54) is 96.0 Å². The standard InChI is InChI=1S/C28H50O5S/c1-3-4-5-6-7-8-9-10-11-12-13-14-15-16-17-18-21-33-24-27(29)23-26-22-25(2)19-20-28(26)34(30,31)32/h19-20,22,27,29H,3-18,21,23-24H2,1-2H3,(H,30,31,32)/t27-/m1/s1. The topological polar surface area (TPSA) is 83.8 Å². The first-order chi connectivity index (χ1) is 16.3. The molecule has 34 heavy (non-hydrogen) atoms. The van der Waals surface area contributed by atoms with Crippen molar-refractivity contribution in [1.29, 1.82) is 0 Å². The Hall–Kier alpha value is -0.950. The van der Waals surface area contributed by atoms with E-state index in [1.807, 2.05) is 6.92 Å². The molecular formula is C28H50O5S. The molecule has 0 heterocycles. The normalized spacial score (nSPS) is 12.8. The molecule has 0 aliphatic carbocycles. The molecule has 0 bridgehead atoms. The SMILES string of the molecule is CCCCCCCCCCCCCCCCCCOC[C@H](O)Cc1cc(C)ccc1S(=O)(=O)O. The maximum Gasteiger partial charge on any atom is 0.294 e. The van der Waals surface area contributed by atoms with Gasteiger partial charge in [0.2, 0.25) is 0 Å². The Kier molecular flexibility index (Phi) is 17.6. The fourth-order valence-corrected chi connectivity index (χ4v) is 5.12. The predicted octanol–water partition coefficient (Wildman–Crippen LogP) is 7.42. The summed E-state index contributed by atoms with van der Waals surface area (Å²) < 4.78 is 38.0. The molecule has 198 valence electrons. The first-order valence-electron chi connectivity index (χ1n) is 13.7. The Balaban J connectivity index is 1.95. The van der Waals surface area contributed by atoms with E-state index in [1.54, 1.807) is 12.1 Å². The van der Waals surface area contributed by atoms with E-state index in [4.69, 9.17) is 4.74 Å². The van der Waals surface area contributed by atoms with Gasteiger partial charge in [-0.2, -0.15) is 8.42 Å². The monoisotopic (exact) mass is 498 g/mol. The van der Waals surface area contributed by atoms with Gasteiger partial charge in [-0.25, -0.2) is 0 Å². The molecule has 0 unspecified atom stereocenters. The highest BCUT2D eigenvalue weighted by atomic mass is 32.2. The molecule has 1 rings (SSSR count). The van der Waals surface area contributed by atoms with E-state index >= 15 is 0 Å². The lowest BCUT2D eigenvalue weighted by Crippen LogP contribution is -2.20. The quantitative estimate of drug-likeness (QED) is 0.128. The molecule has 0 fully saturated rings. The highest BCUT2D eigenvalue weighted by molar-refractivity contribution is 7.85. The number of aliphatic hydroxyl groups excluding tert-OH is 1. The first kappa shape index (κ1) is 31.1. The van der Waals surface area contributed by atoms with Gasteiger partial charge in [0.15, 0.2) is 0 Å². The Morgan fingerprint density at radius 2 is 1.26 bits per heavy atom. The maximum atomic E-state index is 11.5. The summed E-state index contributed by atoms with van der Waals surface area (Å²) in [6.45, 7) is 4.88. The minimum atomic E-state index is -4.30. The number of aliphatic hydroxyl groups is 1.